The lowest BCUT2D eigenvalue weighted by Crippen LogP contribution is -2.50. The number of nitrogens with one attached hydrogen (secondary N) is 2. The van der Waals surface area contributed by atoms with Crippen LogP contribution in [0.25, 0.3) is 0 Å². The maximum absolute atomic E-state index is 13.0. The highest BCUT2D eigenvalue weighted by Gasteiger charge is 2.33. The summed E-state index contributed by atoms with van der Waals surface area (Å²) in [6.45, 7) is 0. The molecule has 0 saturated carbocycles. The number of benzene rings is 3. The van der Waals surface area contributed by atoms with Gasteiger partial charge in [0.2, 0.25) is 0 Å². The van der Waals surface area contributed by atoms with Crippen LogP contribution in [0.3, 0.4) is 0 Å². The minimum Gasteiger partial charge on any atom is -0.480 e. The van der Waals surface area contributed by atoms with Crippen LogP contribution in [-0.4, -0.2) is 40.1 Å². The number of aliphatic hydroxyl groups is 1. The van der Waals surface area contributed by atoms with Gasteiger partial charge in [0.05, 0.1) is 11.6 Å². The van der Waals surface area contributed by atoms with Gasteiger partial charge in [-0.1, -0.05) is 66.7 Å². The van der Waals surface area contributed by atoms with E-state index in [1.807, 2.05) is 0 Å². The van der Waals surface area contributed by atoms with Gasteiger partial charge in [-0.15, -0.1) is 0 Å². The third-order valence-electron chi connectivity index (χ3n) is 5.37. The van der Waals surface area contributed by atoms with Crippen molar-refractivity contribution in [3.05, 3.63) is 107 Å². The molecule has 0 heterocycles. The molecule has 3 aromatic carbocycles. The largest absolute Gasteiger partial charge is 0.480 e. The quantitative estimate of drug-likeness (QED) is 0.360. The van der Waals surface area contributed by atoms with Crippen molar-refractivity contribution < 1.29 is 37.8 Å². The Bertz CT molecular complexity index is 1200. The van der Waals surface area contributed by atoms with Crippen LogP contribution < -0.4 is 10.6 Å². The second kappa shape index (κ2) is 11.5. The number of carboxylic acid groups (broad SMARTS) is 1. The molecule has 0 spiro atoms. The summed E-state index contributed by atoms with van der Waals surface area (Å²) >= 11 is 0. The number of aliphatic carboxylic acids is 1. The van der Waals surface area contributed by atoms with Crippen LogP contribution in [0.4, 0.5) is 13.2 Å². The van der Waals surface area contributed by atoms with E-state index in [0.29, 0.717) is 5.56 Å². The predicted octanol–water partition coefficient (Wildman–Crippen LogP) is 3.35. The second-order valence-corrected chi connectivity index (χ2v) is 7.97. The van der Waals surface area contributed by atoms with Gasteiger partial charge in [0.15, 0.2) is 6.10 Å². The highest BCUT2D eigenvalue weighted by Crippen LogP contribution is 2.29. The first-order valence-corrected chi connectivity index (χ1v) is 10.8. The van der Waals surface area contributed by atoms with Gasteiger partial charge in [0.25, 0.3) is 11.8 Å². The zero-order chi connectivity index (χ0) is 26.3. The summed E-state index contributed by atoms with van der Waals surface area (Å²) in [7, 11) is 0. The third-order valence-corrected chi connectivity index (χ3v) is 5.37. The fourth-order valence-electron chi connectivity index (χ4n) is 3.54. The molecule has 0 fully saturated rings. The summed E-state index contributed by atoms with van der Waals surface area (Å²) in [4.78, 5) is 37.3. The van der Waals surface area contributed by atoms with E-state index >= 15 is 0 Å². The SMILES string of the molecule is O=C(N[C@@H](c1ccccc1)[C@@H](O)C(=O)N[C@H](Cc1cccc(C(F)(F)F)c1)C(=O)O)c1ccccc1. The Morgan fingerprint density at radius 2 is 1.44 bits per heavy atom. The lowest BCUT2D eigenvalue weighted by molar-refractivity contribution is -0.143. The molecule has 3 aromatic rings. The molecule has 4 N–H and O–H groups in total. The van der Waals surface area contributed by atoms with Gasteiger partial charge in [-0.25, -0.2) is 4.79 Å². The molecule has 3 rings (SSSR count). The van der Waals surface area contributed by atoms with E-state index in [9.17, 15) is 37.8 Å². The van der Waals surface area contributed by atoms with Gasteiger partial charge >= 0.3 is 12.1 Å². The number of carbonyl (C=O) groups excluding carboxylic acids is 2. The van der Waals surface area contributed by atoms with Gasteiger partial charge in [0, 0.05) is 12.0 Å². The average molecular weight is 500 g/mol. The van der Waals surface area contributed by atoms with Gasteiger partial charge in [-0.05, 0) is 29.3 Å². The van der Waals surface area contributed by atoms with E-state index in [0.717, 1.165) is 18.2 Å². The predicted molar refractivity (Wildman–Crippen MR) is 124 cm³/mol. The van der Waals surface area contributed by atoms with E-state index < -0.39 is 54.1 Å². The van der Waals surface area contributed by atoms with Crippen molar-refractivity contribution in [3.8, 4) is 0 Å². The van der Waals surface area contributed by atoms with Crippen LogP contribution in [0.15, 0.2) is 84.9 Å². The fourth-order valence-corrected chi connectivity index (χ4v) is 3.54. The molecule has 0 aliphatic carbocycles. The molecule has 0 unspecified atom stereocenters. The minimum atomic E-state index is -4.62. The number of aliphatic hydroxyl groups excluding tert-OH is 1. The zero-order valence-corrected chi connectivity index (χ0v) is 18.8. The first-order chi connectivity index (χ1) is 17.1. The van der Waals surface area contributed by atoms with Gasteiger partial charge < -0.3 is 20.8 Å². The standard InChI is InChI=1S/C26H23F3N2O5/c27-26(28,29)19-13-7-8-16(14-19)15-20(25(35)36)30-24(34)22(32)21(17-9-3-1-4-10-17)31-23(33)18-11-5-2-6-12-18/h1-14,20-22,32H,15H2,(H,30,34)(H,31,33)(H,35,36)/t20-,21+,22-/m1/s1. The van der Waals surface area contributed by atoms with Gasteiger partial charge in [-0.3, -0.25) is 9.59 Å². The first kappa shape index (κ1) is 26.4. The van der Waals surface area contributed by atoms with E-state index in [1.165, 1.54) is 6.07 Å². The Labute approximate surface area is 204 Å². The van der Waals surface area contributed by atoms with Gasteiger partial charge in [0.1, 0.15) is 6.04 Å². The Balaban J connectivity index is 1.79. The molecule has 188 valence electrons. The monoisotopic (exact) mass is 500 g/mol. The van der Waals surface area contributed by atoms with Crippen LogP contribution in [0.2, 0.25) is 0 Å². The number of amides is 2. The maximum Gasteiger partial charge on any atom is 0.416 e. The van der Waals surface area contributed by atoms with E-state index in [2.05, 4.69) is 10.6 Å². The maximum atomic E-state index is 13.0. The van der Waals surface area contributed by atoms with Crippen molar-refractivity contribution in [2.45, 2.75) is 30.8 Å². The number of alkyl halides is 3. The smallest absolute Gasteiger partial charge is 0.416 e. The summed E-state index contributed by atoms with van der Waals surface area (Å²) in [6.07, 6.45) is -6.97. The van der Waals surface area contributed by atoms with Crippen molar-refractivity contribution in [1.82, 2.24) is 10.6 Å². The van der Waals surface area contributed by atoms with Crippen LogP contribution in [0, 0.1) is 0 Å². The number of carbonyl (C=O) groups is 3. The molecular formula is C26H23F3N2O5. The highest BCUT2D eigenvalue weighted by atomic mass is 19.4. The Kier molecular flexibility index (Phi) is 8.44. The topological polar surface area (TPSA) is 116 Å². The molecule has 0 bridgehead atoms. The molecule has 0 saturated heterocycles. The van der Waals surface area contributed by atoms with Crippen molar-refractivity contribution in [1.29, 1.82) is 0 Å². The van der Waals surface area contributed by atoms with Crippen LogP contribution in [0.5, 0.6) is 0 Å². The molecular weight excluding hydrogens is 477 g/mol. The summed E-state index contributed by atoms with van der Waals surface area (Å²) in [6, 6.07) is 17.4. The molecule has 0 aromatic heterocycles. The molecule has 36 heavy (non-hydrogen) atoms. The van der Waals surface area contributed by atoms with Crippen molar-refractivity contribution in [3.63, 3.8) is 0 Å². The van der Waals surface area contributed by atoms with E-state index in [1.54, 1.807) is 60.7 Å². The summed E-state index contributed by atoms with van der Waals surface area (Å²) < 4.78 is 39.0. The van der Waals surface area contributed by atoms with Crippen LogP contribution >= 0.6 is 0 Å². The number of hydrogen-bond donors (Lipinski definition) is 4. The number of halogens is 3. The summed E-state index contributed by atoms with van der Waals surface area (Å²) in [5, 5.41) is 25.1. The molecule has 10 heteroatoms. The molecule has 7 nitrogen and oxygen atoms in total. The normalized spacial score (nSPS) is 13.8. The third kappa shape index (κ3) is 6.92. The number of rotatable bonds is 9. The second-order valence-electron chi connectivity index (χ2n) is 7.97. The van der Waals surface area contributed by atoms with Crippen LogP contribution in [0.1, 0.15) is 33.1 Å². The summed E-state index contributed by atoms with van der Waals surface area (Å²) in [5.74, 6) is -3.19. The number of carboxylic acids is 1. The highest BCUT2D eigenvalue weighted by molar-refractivity contribution is 5.95. The van der Waals surface area contributed by atoms with Crippen molar-refractivity contribution >= 4 is 17.8 Å². The molecule has 0 aliphatic rings. The van der Waals surface area contributed by atoms with E-state index in [-0.39, 0.29) is 11.1 Å². The fraction of sp³-hybridized carbons (Fsp3) is 0.192. The Morgan fingerprint density at radius 3 is 2.03 bits per heavy atom. The average Bonchev–Trinajstić information content (AvgIpc) is 2.87. The van der Waals surface area contributed by atoms with Crippen LogP contribution in [-0.2, 0) is 22.2 Å². The molecule has 0 aliphatic heterocycles. The van der Waals surface area contributed by atoms with Crippen molar-refractivity contribution in [2.24, 2.45) is 0 Å². The van der Waals surface area contributed by atoms with Crippen molar-refractivity contribution in [2.75, 3.05) is 0 Å². The summed E-state index contributed by atoms with van der Waals surface area (Å²) in [5.41, 5.74) is -0.263. The van der Waals surface area contributed by atoms with Gasteiger partial charge in [-0.2, -0.15) is 13.2 Å². The lowest BCUT2D eigenvalue weighted by atomic mass is 9.99. The molecule has 2 amide bonds. The zero-order valence-electron chi connectivity index (χ0n) is 18.8. The van der Waals surface area contributed by atoms with E-state index in [4.69, 9.17) is 0 Å². The number of hydrogen-bond acceptors (Lipinski definition) is 4. The Hall–Kier alpha value is -4.18. The first-order valence-electron chi connectivity index (χ1n) is 10.8. The lowest BCUT2D eigenvalue weighted by Gasteiger charge is -2.25. The Morgan fingerprint density at radius 1 is 0.833 bits per heavy atom. The molecule has 0 radical (unpaired) electrons. The minimum absolute atomic E-state index is 0.0315. The molecule has 3 atom stereocenters.